The molecule has 0 radical (unpaired) electrons. The highest BCUT2D eigenvalue weighted by Crippen LogP contribution is 2.36. The highest BCUT2D eigenvalue weighted by Gasteiger charge is 2.26. The molecule has 9 heteroatoms. The highest BCUT2D eigenvalue weighted by atomic mass is 19.1. The lowest BCUT2D eigenvalue weighted by Crippen LogP contribution is -2.35. The van der Waals surface area contributed by atoms with Crippen molar-refractivity contribution in [1.29, 1.82) is 0 Å². The van der Waals surface area contributed by atoms with E-state index in [1.165, 1.54) is 12.1 Å². The zero-order valence-electron chi connectivity index (χ0n) is 24.5. The summed E-state index contributed by atoms with van der Waals surface area (Å²) in [4.78, 5) is 27.1. The van der Waals surface area contributed by atoms with Crippen molar-refractivity contribution in [2.45, 2.75) is 12.8 Å². The number of para-hydroxylation sites is 1. The van der Waals surface area contributed by atoms with Crippen LogP contribution in [0.15, 0.2) is 114 Å². The molecule has 1 amide bonds. The van der Waals surface area contributed by atoms with Crippen LogP contribution in [0.3, 0.4) is 0 Å². The smallest absolute Gasteiger partial charge is 0.263 e. The van der Waals surface area contributed by atoms with E-state index in [0.717, 1.165) is 16.9 Å². The first-order valence-corrected chi connectivity index (χ1v) is 14.9. The number of ether oxygens (including phenoxy) is 1. The summed E-state index contributed by atoms with van der Waals surface area (Å²) >= 11 is 0. The van der Waals surface area contributed by atoms with Gasteiger partial charge in [0.25, 0.3) is 11.6 Å². The predicted octanol–water partition coefficient (Wildman–Crippen LogP) is 7.16. The van der Waals surface area contributed by atoms with E-state index in [0.29, 0.717) is 78.8 Å². The molecule has 0 saturated carbocycles. The molecule has 6 aromatic rings. The fourth-order valence-corrected chi connectivity index (χ4v) is 5.63. The molecule has 0 bridgehead atoms. The van der Waals surface area contributed by atoms with Gasteiger partial charge in [0.15, 0.2) is 0 Å². The van der Waals surface area contributed by atoms with Gasteiger partial charge in [0.05, 0.1) is 0 Å². The maximum Gasteiger partial charge on any atom is 0.263 e. The Hall–Kier alpha value is -5.57. The number of fused-ring (bicyclic) bond motifs is 1. The third kappa shape index (κ3) is 6.24. The van der Waals surface area contributed by atoms with Crippen LogP contribution in [0.1, 0.15) is 28.2 Å². The number of aromatic nitrogens is 3. The van der Waals surface area contributed by atoms with E-state index >= 15 is 0 Å². The predicted molar refractivity (Wildman–Crippen MR) is 170 cm³/mol. The van der Waals surface area contributed by atoms with E-state index in [2.05, 4.69) is 10.1 Å². The number of carbonyl (C=O) groups is 1. The number of rotatable bonds is 7. The molecule has 7 rings (SSSR count). The highest BCUT2D eigenvalue weighted by molar-refractivity contribution is 5.98. The van der Waals surface area contributed by atoms with E-state index in [1.54, 1.807) is 17.0 Å². The van der Waals surface area contributed by atoms with Crippen molar-refractivity contribution in [3.63, 3.8) is 0 Å². The van der Waals surface area contributed by atoms with Crippen LogP contribution in [-0.2, 0) is 6.42 Å². The molecule has 1 fully saturated rings. The minimum atomic E-state index is -0.426. The molecule has 224 valence electrons. The molecule has 1 aliphatic rings. The minimum absolute atomic E-state index is 0.185. The molecule has 2 aromatic heterocycles. The Labute approximate surface area is 259 Å². The van der Waals surface area contributed by atoms with Gasteiger partial charge in [0.2, 0.25) is 0 Å². The van der Waals surface area contributed by atoms with Crippen molar-refractivity contribution in [3.8, 4) is 22.8 Å². The van der Waals surface area contributed by atoms with E-state index in [-0.39, 0.29) is 5.91 Å². The van der Waals surface area contributed by atoms with Crippen LogP contribution in [0.25, 0.3) is 22.4 Å². The summed E-state index contributed by atoms with van der Waals surface area (Å²) in [5.41, 5.74) is 3.24. The van der Waals surface area contributed by atoms with Crippen molar-refractivity contribution in [2.24, 2.45) is 0 Å². The average Bonchev–Trinajstić information content (AvgIpc) is 3.34. The van der Waals surface area contributed by atoms with Crippen LogP contribution in [0.2, 0.25) is 0 Å². The van der Waals surface area contributed by atoms with Gasteiger partial charge < -0.3 is 19.1 Å². The maximum absolute atomic E-state index is 13.9. The Morgan fingerprint density at radius 3 is 2.40 bits per heavy atom. The van der Waals surface area contributed by atoms with Crippen molar-refractivity contribution >= 4 is 22.8 Å². The molecule has 0 N–H and O–H groups in total. The number of anilines is 1. The molecule has 1 saturated heterocycles. The van der Waals surface area contributed by atoms with E-state index in [1.807, 2.05) is 84.9 Å². The summed E-state index contributed by atoms with van der Waals surface area (Å²) in [5.74, 6) is 2.11. The SMILES string of the molecule is O=C(c1cccc(F)c1)N1CCCN(c2nc(Cc3ccccc3)nc3onc(-c4cccc(Oc5ccccc5)c4)c23)CC1. The van der Waals surface area contributed by atoms with Crippen molar-refractivity contribution < 1.29 is 18.4 Å². The maximum atomic E-state index is 13.9. The zero-order chi connectivity index (χ0) is 30.6. The molecule has 0 atom stereocenters. The van der Waals surface area contributed by atoms with Crippen molar-refractivity contribution in [3.05, 3.63) is 132 Å². The fraction of sp³-hybridized carbons (Fsp3) is 0.167. The second-order valence-electron chi connectivity index (χ2n) is 10.9. The van der Waals surface area contributed by atoms with Crippen LogP contribution in [0, 0.1) is 5.82 Å². The number of carbonyl (C=O) groups excluding carboxylic acids is 1. The lowest BCUT2D eigenvalue weighted by atomic mass is 10.1. The fourth-order valence-electron chi connectivity index (χ4n) is 5.63. The van der Waals surface area contributed by atoms with E-state index < -0.39 is 5.82 Å². The molecular formula is C36H30FN5O3. The van der Waals surface area contributed by atoms with Crippen LogP contribution < -0.4 is 9.64 Å². The number of nitrogens with zero attached hydrogens (tertiary/aromatic N) is 5. The second-order valence-corrected chi connectivity index (χ2v) is 10.9. The molecule has 3 heterocycles. The molecular weight excluding hydrogens is 569 g/mol. The Balaban J connectivity index is 1.24. The van der Waals surface area contributed by atoms with Crippen LogP contribution >= 0.6 is 0 Å². The number of hydrogen-bond acceptors (Lipinski definition) is 7. The molecule has 0 unspecified atom stereocenters. The number of hydrogen-bond donors (Lipinski definition) is 0. The topological polar surface area (TPSA) is 84.6 Å². The summed E-state index contributed by atoms with van der Waals surface area (Å²) in [7, 11) is 0. The second kappa shape index (κ2) is 12.6. The van der Waals surface area contributed by atoms with Gasteiger partial charge >= 0.3 is 0 Å². The standard InChI is InChI=1S/C36H30FN5O3/c37-28-14-7-13-27(23-28)36(43)42-19-9-18-41(20-21-42)34-32-33(26-12-8-17-30(24-26)44-29-15-5-2-6-16-29)40-45-35(32)39-31(38-34)22-25-10-3-1-4-11-25/h1-8,10-17,23-24H,9,18-22H2. The van der Waals surface area contributed by atoms with Crippen LogP contribution in [0.4, 0.5) is 10.2 Å². The first kappa shape index (κ1) is 28.2. The zero-order valence-corrected chi connectivity index (χ0v) is 24.5. The summed E-state index contributed by atoms with van der Waals surface area (Å²) in [6.45, 7) is 2.19. The molecule has 0 aliphatic carbocycles. The van der Waals surface area contributed by atoms with Crippen LogP contribution in [-0.4, -0.2) is 52.1 Å². The monoisotopic (exact) mass is 599 g/mol. The lowest BCUT2D eigenvalue weighted by molar-refractivity contribution is 0.0766. The van der Waals surface area contributed by atoms with Crippen molar-refractivity contribution in [2.75, 3.05) is 31.1 Å². The first-order chi connectivity index (χ1) is 22.1. The summed E-state index contributed by atoms with van der Waals surface area (Å²) in [5, 5.41) is 5.17. The van der Waals surface area contributed by atoms with E-state index in [9.17, 15) is 9.18 Å². The van der Waals surface area contributed by atoms with Gasteiger partial charge in [-0.2, -0.15) is 4.98 Å². The molecule has 4 aromatic carbocycles. The first-order valence-electron chi connectivity index (χ1n) is 14.9. The minimum Gasteiger partial charge on any atom is -0.457 e. The summed E-state index contributed by atoms with van der Waals surface area (Å²) < 4.78 is 25.8. The summed E-state index contributed by atoms with van der Waals surface area (Å²) in [6, 6.07) is 33.2. The van der Waals surface area contributed by atoms with E-state index in [4.69, 9.17) is 19.2 Å². The molecule has 0 spiro atoms. The Kier molecular flexibility index (Phi) is 7.89. The summed E-state index contributed by atoms with van der Waals surface area (Å²) in [6.07, 6.45) is 1.24. The van der Waals surface area contributed by atoms with Gasteiger partial charge in [0, 0.05) is 43.7 Å². The molecule has 1 aliphatic heterocycles. The van der Waals surface area contributed by atoms with Crippen molar-refractivity contribution in [1.82, 2.24) is 20.0 Å². The third-order valence-corrected chi connectivity index (χ3v) is 7.81. The normalized spacial score (nSPS) is 13.5. The van der Waals surface area contributed by atoms with Gasteiger partial charge in [0.1, 0.15) is 40.0 Å². The largest absolute Gasteiger partial charge is 0.457 e. The molecule has 45 heavy (non-hydrogen) atoms. The Bertz CT molecular complexity index is 1950. The molecule has 8 nitrogen and oxygen atoms in total. The number of benzene rings is 4. The van der Waals surface area contributed by atoms with Crippen LogP contribution in [0.5, 0.6) is 11.5 Å². The number of halogens is 1. The third-order valence-electron chi connectivity index (χ3n) is 7.81. The van der Waals surface area contributed by atoms with Gasteiger partial charge in [-0.05, 0) is 54.4 Å². The van der Waals surface area contributed by atoms with Gasteiger partial charge in [-0.1, -0.05) is 71.9 Å². The number of amides is 1. The lowest BCUT2D eigenvalue weighted by Gasteiger charge is -2.24. The quantitative estimate of drug-likeness (QED) is 0.193. The average molecular weight is 600 g/mol. The Morgan fingerprint density at radius 2 is 1.58 bits per heavy atom. The van der Waals surface area contributed by atoms with Gasteiger partial charge in [-0.25, -0.2) is 9.37 Å². The van der Waals surface area contributed by atoms with Gasteiger partial charge in [-0.15, -0.1) is 0 Å². The Morgan fingerprint density at radius 1 is 0.800 bits per heavy atom. The van der Waals surface area contributed by atoms with Gasteiger partial charge in [-0.3, -0.25) is 4.79 Å².